The van der Waals surface area contributed by atoms with Crippen molar-refractivity contribution in [1.82, 2.24) is 9.80 Å². The van der Waals surface area contributed by atoms with Crippen molar-refractivity contribution in [3.05, 3.63) is 68.7 Å². The number of amidine groups is 2. The van der Waals surface area contributed by atoms with E-state index in [1.807, 2.05) is 14.2 Å². The molecule has 2 unspecified atom stereocenters. The first-order valence-corrected chi connectivity index (χ1v) is 23.8. The Morgan fingerprint density at radius 2 is 1.12 bits per heavy atom. The molecule has 0 saturated heterocycles. The normalized spacial score (nSPS) is 31.7. The van der Waals surface area contributed by atoms with Crippen LogP contribution in [0.4, 0.5) is 0 Å². The molecule has 4 spiro atoms. The summed E-state index contributed by atoms with van der Waals surface area (Å²) >= 11 is 3.68. The van der Waals surface area contributed by atoms with Gasteiger partial charge in [0.05, 0.1) is 12.2 Å². The molecule has 4 saturated carbocycles. The predicted molar refractivity (Wildman–Crippen MR) is 273 cm³/mol. The van der Waals surface area contributed by atoms with E-state index in [0.29, 0.717) is 36.0 Å². The van der Waals surface area contributed by atoms with Crippen LogP contribution in [0.3, 0.4) is 0 Å². The van der Waals surface area contributed by atoms with Crippen LogP contribution in [0.1, 0.15) is 147 Å². The molecule has 10 nitrogen and oxygen atoms in total. The van der Waals surface area contributed by atoms with Crippen molar-refractivity contribution >= 4 is 39.5 Å². The Balaban J connectivity index is 0.000000185. The summed E-state index contributed by atoms with van der Waals surface area (Å²) in [5.41, 5.74) is 18.7. The second kappa shape index (κ2) is 19.6. The standard InChI is InChI=1S/C25H30N4O.C20H25BrN4O.C5H6.4CH4/c1-30-20-9-11-24(12-10-20)16-19-8-7-18(6-5-17-3-4-17)15-21(19)25(24)22-27-13-2-14-29(22)23(26)28-25;1-26-15-5-7-19(8-6-15)12-13-3-4-14(21)11-16(13)20(19)17-23-9-2-10-25(17)18(22)24-20;1-2-5-3-4-5;;;;/h7-8,15,17,20H,2-4,9-14,16H2,1H3,(H2,26,28);3-4,11,15H,2,5-10,12H2,1H3,(H2,22,24);1,5H,3-4H2;4*1H4. The Morgan fingerprint density at radius 1 is 0.662 bits per heavy atom. The fraction of sp³-hybridized carbons (Fsp3) is 0.630. The van der Waals surface area contributed by atoms with Gasteiger partial charge in [-0.1, -0.05) is 69.6 Å². The maximum atomic E-state index is 6.53. The number of hydrogen-bond donors (Lipinski definition) is 2. The molecule has 4 aliphatic heterocycles. The predicted octanol–water partition coefficient (Wildman–Crippen LogP) is 9.99. The third-order valence-electron chi connectivity index (χ3n) is 15.7. The molecule has 4 heterocycles. The van der Waals surface area contributed by atoms with E-state index in [0.717, 1.165) is 125 Å². The van der Waals surface area contributed by atoms with Crippen molar-refractivity contribution in [3.8, 4) is 24.2 Å². The Kier molecular flexibility index (Phi) is 15.1. The lowest BCUT2D eigenvalue weighted by atomic mass is 9.61. The summed E-state index contributed by atoms with van der Waals surface area (Å²) in [5, 5.41) is 0. The molecule has 0 bridgehead atoms. The highest BCUT2D eigenvalue weighted by Gasteiger charge is 2.67. The SMILES string of the molecule is C.C.C.C.C#CC1CC1.COC1CCC2(CC1)Cc1ccc(Br)cc1C21N=C(N)N2CCCN=C21.COC1CCC2(CC1)Cc1ccc(C#CC3CC3)cc1C21N=C(N)N2CCCN=C21. The number of nitrogens with zero attached hydrogens (tertiary/aromatic N) is 6. The molecule has 2 atom stereocenters. The molecule has 0 radical (unpaired) electrons. The van der Waals surface area contributed by atoms with E-state index >= 15 is 0 Å². The molecule has 2 aromatic carbocycles. The summed E-state index contributed by atoms with van der Waals surface area (Å²) < 4.78 is 12.5. The number of fused-ring (bicyclic) bond motifs is 10. The van der Waals surface area contributed by atoms with Gasteiger partial charge in [-0.25, -0.2) is 9.98 Å². The van der Waals surface area contributed by atoms with Crippen molar-refractivity contribution in [3.63, 3.8) is 0 Å². The van der Waals surface area contributed by atoms with Crippen LogP contribution in [-0.4, -0.2) is 86.0 Å². The van der Waals surface area contributed by atoms with E-state index in [1.54, 1.807) is 0 Å². The fourth-order valence-corrected chi connectivity index (χ4v) is 12.5. The molecule has 6 aliphatic carbocycles. The highest BCUT2D eigenvalue weighted by atomic mass is 79.9. The summed E-state index contributed by atoms with van der Waals surface area (Å²) in [6.45, 7) is 3.58. The first kappa shape index (κ1) is 50.3. The van der Waals surface area contributed by atoms with Crippen LogP contribution in [0, 0.1) is 46.9 Å². The van der Waals surface area contributed by atoms with Gasteiger partial charge in [-0.2, -0.15) is 0 Å². The van der Waals surface area contributed by atoms with Crippen LogP contribution in [0.15, 0.2) is 60.8 Å². The molecule has 2 aromatic rings. The minimum atomic E-state index is -0.456. The Labute approximate surface area is 400 Å². The highest BCUT2D eigenvalue weighted by Crippen LogP contribution is 2.64. The number of ether oxygens (including phenoxy) is 2. The summed E-state index contributed by atoms with van der Waals surface area (Å²) in [6, 6.07) is 13.5. The van der Waals surface area contributed by atoms with Crippen molar-refractivity contribution < 1.29 is 9.47 Å². The fourth-order valence-electron chi connectivity index (χ4n) is 12.2. The van der Waals surface area contributed by atoms with Gasteiger partial charge in [0.15, 0.2) is 23.0 Å². The summed E-state index contributed by atoms with van der Waals surface area (Å²) in [7, 11) is 3.67. The molecule has 4 fully saturated rings. The molecule has 65 heavy (non-hydrogen) atoms. The average Bonchev–Trinajstić information content (AvgIpc) is 4.23. The smallest absolute Gasteiger partial charge is 0.198 e. The lowest BCUT2D eigenvalue weighted by Crippen LogP contribution is -2.53. The van der Waals surface area contributed by atoms with Gasteiger partial charge in [0.2, 0.25) is 0 Å². The molecule has 0 amide bonds. The molecule has 11 heteroatoms. The first-order valence-electron chi connectivity index (χ1n) is 23.0. The number of methoxy groups -OCH3 is 2. The van der Waals surface area contributed by atoms with E-state index in [1.165, 1.54) is 47.9 Å². The number of terminal acetylenes is 1. The highest BCUT2D eigenvalue weighted by molar-refractivity contribution is 9.10. The zero-order valence-corrected chi connectivity index (χ0v) is 37.6. The van der Waals surface area contributed by atoms with Gasteiger partial charge in [-0.3, -0.25) is 19.8 Å². The third kappa shape index (κ3) is 8.35. The average molecular weight is 950 g/mol. The molecule has 12 rings (SSSR count). The number of hydrogen-bond acceptors (Lipinski definition) is 10. The van der Waals surface area contributed by atoms with Crippen LogP contribution in [0.5, 0.6) is 0 Å². The van der Waals surface area contributed by atoms with Crippen molar-refractivity contribution in [1.29, 1.82) is 0 Å². The van der Waals surface area contributed by atoms with Crippen molar-refractivity contribution in [2.75, 3.05) is 40.4 Å². The summed E-state index contributed by atoms with van der Waals surface area (Å²) in [4.78, 5) is 24.9. The Bertz CT molecular complexity index is 2290. The van der Waals surface area contributed by atoms with E-state index in [4.69, 9.17) is 47.3 Å². The van der Waals surface area contributed by atoms with E-state index in [-0.39, 0.29) is 40.5 Å². The number of guanidine groups is 2. The Hall–Kier alpha value is -4.16. The van der Waals surface area contributed by atoms with Crippen LogP contribution >= 0.6 is 15.9 Å². The Morgan fingerprint density at radius 3 is 1.55 bits per heavy atom. The molecule has 352 valence electrons. The number of aliphatic imine (C=N–C) groups is 4. The minimum absolute atomic E-state index is 0. The maximum absolute atomic E-state index is 6.53. The van der Waals surface area contributed by atoms with Gasteiger partial charge in [-0.15, -0.1) is 12.3 Å². The number of halogens is 1. The minimum Gasteiger partial charge on any atom is -0.381 e. The summed E-state index contributed by atoms with van der Waals surface area (Å²) in [6.07, 6.45) is 23.6. The molecular weight excluding hydrogens is 873 g/mol. The molecule has 10 aliphatic rings. The second-order valence-electron chi connectivity index (χ2n) is 19.2. The van der Waals surface area contributed by atoms with Crippen molar-refractivity contribution in [2.45, 2.75) is 156 Å². The third-order valence-corrected chi connectivity index (χ3v) is 16.2. The molecule has 4 N–H and O–H groups in total. The summed E-state index contributed by atoms with van der Waals surface area (Å²) in [5.74, 6) is 14.2. The van der Waals surface area contributed by atoms with Gasteiger partial charge in [0.1, 0.15) is 11.7 Å². The van der Waals surface area contributed by atoms with E-state index in [9.17, 15) is 0 Å². The van der Waals surface area contributed by atoms with Gasteiger partial charge in [-0.05, 0) is 149 Å². The largest absolute Gasteiger partial charge is 0.381 e. The monoisotopic (exact) mass is 949 g/mol. The van der Waals surface area contributed by atoms with Gasteiger partial charge >= 0.3 is 0 Å². The van der Waals surface area contributed by atoms with Crippen LogP contribution in [-0.2, 0) is 33.4 Å². The van der Waals surface area contributed by atoms with Crippen LogP contribution < -0.4 is 11.5 Å². The lowest BCUT2D eigenvalue weighted by Gasteiger charge is -2.47. The van der Waals surface area contributed by atoms with Crippen molar-refractivity contribution in [2.24, 2.45) is 54.1 Å². The molecular formula is C54H77BrN8O2. The van der Waals surface area contributed by atoms with Crippen LogP contribution in [0.2, 0.25) is 0 Å². The second-order valence-corrected chi connectivity index (χ2v) is 20.1. The number of rotatable bonds is 2. The van der Waals surface area contributed by atoms with Crippen LogP contribution in [0.25, 0.3) is 0 Å². The lowest BCUT2D eigenvalue weighted by molar-refractivity contribution is 0.0113. The molecule has 0 aromatic heterocycles. The van der Waals surface area contributed by atoms with Gasteiger partial charge in [0, 0.05) is 73.1 Å². The quantitative estimate of drug-likeness (QED) is 0.289. The van der Waals surface area contributed by atoms with Gasteiger partial charge in [0.25, 0.3) is 0 Å². The number of benzene rings is 2. The van der Waals surface area contributed by atoms with Gasteiger partial charge < -0.3 is 20.9 Å². The topological polar surface area (TPSA) is 126 Å². The van der Waals surface area contributed by atoms with E-state index in [2.05, 4.69) is 79.9 Å². The zero-order chi connectivity index (χ0) is 42.0. The zero-order valence-electron chi connectivity index (χ0n) is 36.0. The number of nitrogens with two attached hydrogens (primary N) is 2. The first-order chi connectivity index (χ1) is 29.7. The van der Waals surface area contributed by atoms with E-state index < -0.39 is 11.1 Å². The maximum Gasteiger partial charge on any atom is 0.198 e.